The number of amides is 1. The lowest BCUT2D eigenvalue weighted by Gasteiger charge is -2.25. The Balaban J connectivity index is 1.90. The molecule has 2 heterocycles. The van der Waals surface area contributed by atoms with E-state index in [9.17, 15) is 14.7 Å². The number of carbonyl (C=O) groups excluding carboxylic acids is 1. The molecule has 1 aliphatic rings. The van der Waals surface area contributed by atoms with Crippen LogP contribution in [0.2, 0.25) is 0 Å². The minimum atomic E-state index is -0.648. The molecule has 0 radical (unpaired) electrons. The highest BCUT2D eigenvalue weighted by Gasteiger charge is 2.19. The number of H-pyrrole nitrogens is 1. The van der Waals surface area contributed by atoms with E-state index in [0.29, 0.717) is 26.3 Å². The molecule has 0 bridgehead atoms. The summed E-state index contributed by atoms with van der Waals surface area (Å²) >= 11 is 0. The van der Waals surface area contributed by atoms with Gasteiger partial charge in [0.25, 0.3) is 5.88 Å². The number of rotatable bonds is 5. The number of nitrogens with one attached hydrogen (secondary N) is 2. The normalized spacial score (nSPS) is 16.0. The lowest BCUT2D eigenvalue weighted by atomic mass is 10.2. The van der Waals surface area contributed by atoms with Crippen LogP contribution in [0.3, 0.4) is 0 Å². The summed E-state index contributed by atoms with van der Waals surface area (Å²) in [5.41, 5.74) is -1.12. The van der Waals surface area contributed by atoms with E-state index in [1.165, 1.54) is 0 Å². The standard InChI is InChI=1S/C14H24N4O6/c1-14(2,3)24-13(21)15-8-10-11(19)18(12(20)16-10)23-9-17-4-6-22-7-5-17/h19H,4-9H2,1-3H3,(H,15,21)(H,16,20). The molecule has 10 nitrogen and oxygen atoms in total. The molecule has 0 saturated carbocycles. The minimum absolute atomic E-state index is 0.0934. The number of morpholine rings is 1. The zero-order valence-corrected chi connectivity index (χ0v) is 14.1. The van der Waals surface area contributed by atoms with Crippen LogP contribution < -0.4 is 15.8 Å². The SMILES string of the molecule is CC(C)(C)OC(=O)NCc1[nH]c(=O)n(OCN2CCOCC2)c1O. The highest BCUT2D eigenvalue weighted by atomic mass is 16.7. The molecule has 24 heavy (non-hydrogen) atoms. The molecule has 1 fully saturated rings. The fourth-order valence-corrected chi connectivity index (χ4v) is 2.04. The van der Waals surface area contributed by atoms with Gasteiger partial charge in [0.1, 0.15) is 11.3 Å². The van der Waals surface area contributed by atoms with Crippen LogP contribution in [-0.4, -0.2) is 64.4 Å². The topological polar surface area (TPSA) is 118 Å². The van der Waals surface area contributed by atoms with E-state index in [2.05, 4.69) is 10.3 Å². The molecule has 0 unspecified atom stereocenters. The number of aromatic amines is 1. The molecule has 0 aliphatic carbocycles. The third-order valence-corrected chi connectivity index (χ3v) is 3.19. The Bertz CT molecular complexity index is 612. The fraction of sp³-hybridized carbons (Fsp3) is 0.714. The predicted octanol–water partition coefficient (Wildman–Crippen LogP) is -0.375. The molecule has 0 spiro atoms. The number of aromatic nitrogens is 2. The number of hydrogen-bond acceptors (Lipinski definition) is 7. The van der Waals surface area contributed by atoms with Crippen molar-refractivity contribution in [1.29, 1.82) is 0 Å². The van der Waals surface area contributed by atoms with Crippen LogP contribution in [0.5, 0.6) is 5.88 Å². The molecule has 1 aromatic heterocycles. The minimum Gasteiger partial charge on any atom is -0.491 e. The highest BCUT2D eigenvalue weighted by Crippen LogP contribution is 2.12. The quantitative estimate of drug-likeness (QED) is 0.666. The van der Waals surface area contributed by atoms with E-state index < -0.39 is 17.4 Å². The Morgan fingerprint density at radius 3 is 2.67 bits per heavy atom. The summed E-state index contributed by atoms with van der Waals surface area (Å²) in [6.07, 6.45) is -0.648. The third kappa shape index (κ3) is 5.17. The molecule has 10 heteroatoms. The van der Waals surface area contributed by atoms with E-state index >= 15 is 0 Å². The summed E-state index contributed by atoms with van der Waals surface area (Å²) in [5, 5.41) is 12.5. The van der Waals surface area contributed by atoms with Gasteiger partial charge in [-0.15, -0.1) is 0 Å². The van der Waals surface area contributed by atoms with Gasteiger partial charge in [-0.05, 0) is 20.8 Å². The van der Waals surface area contributed by atoms with Crippen LogP contribution in [0.15, 0.2) is 4.79 Å². The van der Waals surface area contributed by atoms with Crippen molar-refractivity contribution in [3.05, 3.63) is 16.2 Å². The van der Waals surface area contributed by atoms with Crippen molar-refractivity contribution < 1.29 is 24.2 Å². The van der Waals surface area contributed by atoms with E-state index in [1.54, 1.807) is 20.8 Å². The van der Waals surface area contributed by atoms with Crippen LogP contribution in [0.1, 0.15) is 26.5 Å². The number of imidazole rings is 1. The first-order valence-corrected chi connectivity index (χ1v) is 7.69. The van der Waals surface area contributed by atoms with Gasteiger partial charge in [0.15, 0.2) is 6.73 Å². The first-order chi connectivity index (χ1) is 11.3. The predicted molar refractivity (Wildman–Crippen MR) is 83.6 cm³/mol. The summed E-state index contributed by atoms with van der Waals surface area (Å²) in [6, 6.07) is 0. The van der Waals surface area contributed by atoms with Crippen LogP contribution in [-0.2, 0) is 16.0 Å². The van der Waals surface area contributed by atoms with Crippen LogP contribution >= 0.6 is 0 Å². The van der Waals surface area contributed by atoms with E-state index in [0.717, 1.165) is 4.73 Å². The van der Waals surface area contributed by atoms with Gasteiger partial charge in [0.05, 0.1) is 19.8 Å². The molecule has 1 amide bonds. The Labute approximate surface area is 139 Å². The van der Waals surface area contributed by atoms with Crippen molar-refractivity contribution in [2.45, 2.75) is 32.9 Å². The van der Waals surface area contributed by atoms with E-state index in [4.69, 9.17) is 14.3 Å². The van der Waals surface area contributed by atoms with Gasteiger partial charge in [-0.3, -0.25) is 4.90 Å². The smallest absolute Gasteiger partial charge is 0.407 e. The third-order valence-electron chi connectivity index (χ3n) is 3.19. The Morgan fingerprint density at radius 1 is 1.38 bits per heavy atom. The number of carbonyl (C=O) groups is 1. The Morgan fingerprint density at radius 2 is 2.04 bits per heavy atom. The van der Waals surface area contributed by atoms with Gasteiger partial charge in [0.2, 0.25) is 0 Å². The fourth-order valence-electron chi connectivity index (χ4n) is 2.04. The summed E-state index contributed by atoms with van der Waals surface area (Å²) in [7, 11) is 0. The van der Waals surface area contributed by atoms with Crippen LogP contribution in [0, 0.1) is 0 Å². The summed E-state index contributed by atoms with van der Waals surface area (Å²) in [4.78, 5) is 33.2. The average Bonchev–Trinajstić information content (AvgIpc) is 2.77. The van der Waals surface area contributed by atoms with E-state index in [1.807, 2.05) is 4.90 Å². The molecule has 1 aromatic rings. The largest absolute Gasteiger partial charge is 0.491 e. The van der Waals surface area contributed by atoms with E-state index in [-0.39, 0.29) is 24.8 Å². The second kappa shape index (κ2) is 7.58. The first-order valence-electron chi connectivity index (χ1n) is 7.69. The second-order valence-corrected chi connectivity index (χ2v) is 6.37. The van der Waals surface area contributed by atoms with Gasteiger partial charge >= 0.3 is 11.8 Å². The maximum absolute atomic E-state index is 11.8. The van der Waals surface area contributed by atoms with Crippen molar-refractivity contribution in [3.8, 4) is 5.88 Å². The molecule has 2 rings (SSSR count). The monoisotopic (exact) mass is 344 g/mol. The second-order valence-electron chi connectivity index (χ2n) is 6.37. The molecule has 0 aromatic carbocycles. The Kier molecular flexibility index (Phi) is 5.73. The molecule has 3 N–H and O–H groups in total. The first kappa shape index (κ1) is 18.1. The maximum Gasteiger partial charge on any atom is 0.407 e. The number of nitrogens with zero attached hydrogens (tertiary/aromatic N) is 2. The maximum atomic E-state index is 11.8. The molecule has 1 saturated heterocycles. The van der Waals surface area contributed by atoms with Crippen LogP contribution in [0.25, 0.3) is 0 Å². The van der Waals surface area contributed by atoms with Crippen molar-refractivity contribution in [2.24, 2.45) is 0 Å². The summed E-state index contributed by atoms with van der Waals surface area (Å²) < 4.78 is 11.1. The molecular weight excluding hydrogens is 320 g/mol. The van der Waals surface area contributed by atoms with Crippen molar-refractivity contribution in [3.63, 3.8) is 0 Å². The molecule has 136 valence electrons. The highest BCUT2D eigenvalue weighted by molar-refractivity contribution is 5.67. The molecular formula is C14H24N4O6. The van der Waals surface area contributed by atoms with Gasteiger partial charge in [0, 0.05) is 13.1 Å². The van der Waals surface area contributed by atoms with Gasteiger partial charge in [-0.25, -0.2) is 9.59 Å². The molecule has 0 atom stereocenters. The summed E-state index contributed by atoms with van der Waals surface area (Å²) in [5.74, 6) is -0.385. The average molecular weight is 344 g/mol. The lowest BCUT2D eigenvalue weighted by Crippen LogP contribution is -2.41. The van der Waals surface area contributed by atoms with Crippen molar-refractivity contribution in [2.75, 3.05) is 33.0 Å². The number of ether oxygens (including phenoxy) is 2. The summed E-state index contributed by atoms with van der Waals surface area (Å²) in [6.45, 7) is 7.84. The van der Waals surface area contributed by atoms with Gasteiger partial charge in [-0.2, -0.15) is 0 Å². The van der Waals surface area contributed by atoms with Crippen molar-refractivity contribution in [1.82, 2.24) is 19.9 Å². The van der Waals surface area contributed by atoms with Crippen LogP contribution in [0.4, 0.5) is 4.79 Å². The zero-order valence-electron chi connectivity index (χ0n) is 14.1. The molecule has 1 aliphatic heterocycles. The zero-order chi connectivity index (χ0) is 17.7. The van der Waals surface area contributed by atoms with Crippen molar-refractivity contribution >= 4 is 6.09 Å². The Hall–Kier alpha value is -2.20. The number of aromatic hydroxyl groups is 1. The number of alkyl carbamates (subject to hydrolysis) is 1. The number of hydrogen-bond donors (Lipinski definition) is 3. The lowest BCUT2D eigenvalue weighted by molar-refractivity contribution is -0.0436. The van der Waals surface area contributed by atoms with Gasteiger partial charge < -0.3 is 29.7 Å². The van der Waals surface area contributed by atoms with Gasteiger partial charge in [-0.1, -0.05) is 4.73 Å².